The molecule has 2 saturated carbocycles. The number of rotatable bonds is 3. The average molecular weight is 331 g/mol. The normalized spacial score (nSPS) is 41.6. The second-order valence-electron chi connectivity index (χ2n) is 9.26. The number of aliphatic hydroxyl groups is 1. The molecular weight excluding hydrogens is 296 g/mol. The summed E-state index contributed by atoms with van der Waals surface area (Å²) < 4.78 is 5.51. The maximum absolute atomic E-state index is 10.9. The second kappa shape index (κ2) is 6.20. The summed E-state index contributed by atoms with van der Waals surface area (Å²) in [7, 11) is 1.81. The van der Waals surface area contributed by atoms with Gasteiger partial charge in [0.05, 0.1) is 19.0 Å². The molecule has 0 aromatic rings. The Labute approximate surface area is 147 Å². The number of methoxy groups -OCH3 is 1. The zero-order valence-corrected chi connectivity index (χ0v) is 15.7. The van der Waals surface area contributed by atoms with Gasteiger partial charge in [-0.1, -0.05) is 25.0 Å². The van der Waals surface area contributed by atoms with Gasteiger partial charge in [0.15, 0.2) is 0 Å². The van der Waals surface area contributed by atoms with E-state index in [0.29, 0.717) is 5.92 Å². The Kier molecular flexibility index (Phi) is 4.31. The summed E-state index contributed by atoms with van der Waals surface area (Å²) in [6.45, 7) is 4.67. The molecule has 2 heteroatoms. The van der Waals surface area contributed by atoms with E-state index in [-0.39, 0.29) is 11.5 Å². The summed E-state index contributed by atoms with van der Waals surface area (Å²) in [5, 5.41) is 10.9. The van der Waals surface area contributed by atoms with Crippen molar-refractivity contribution in [1.29, 1.82) is 0 Å². The van der Waals surface area contributed by atoms with Crippen molar-refractivity contribution in [3.05, 3.63) is 23.0 Å². The van der Waals surface area contributed by atoms with Crippen LogP contribution in [0.25, 0.3) is 0 Å². The van der Waals surface area contributed by atoms with E-state index < -0.39 is 0 Å². The number of hydrogen-bond acceptors (Lipinski definition) is 2. The number of ether oxygens (including phenoxy) is 1. The van der Waals surface area contributed by atoms with E-state index in [4.69, 9.17) is 4.74 Å². The Morgan fingerprint density at radius 2 is 2.08 bits per heavy atom. The summed E-state index contributed by atoms with van der Waals surface area (Å²) in [4.78, 5) is 0. The third-order valence-corrected chi connectivity index (χ3v) is 7.78. The molecule has 4 aliphatic rings. The van der Waals surface area contributed by atoms with Crippen LogP contribution in [0.2, 0.25) is 0 Å². The van der Waals surface area contributed by atoms with Crippen LogP contribution in [0.5, 0.6) is 0 Å². The van der Waals surface area contributed by atoms with E-state index in [9.17, 15) is 5.11 Å². The zero-order chi connectivity index (χ0) is 16.9. The van der Waals surface area contributed by atoms with Crippen molar-refractivity contribution >= 4 is 0 Å². The van der Waals surface area contributed by atoms with Gasteiger partial charge in [0.25, 0.3) is 0 Å². The van der Waals surface area contributed by atoms with E-state index in [1.807, 2.05) is 7.11 Å². The fourth-order valence-corrected chi connectivity index (χ4v) is 6.98. The minimum Gasteiger partial charge on any atom is -0.501 e. The Morgan fingerprint density at radius 3 is 2.83 bits per heavy atom. The summed E-state index contributed by atoms with van der Waals surface area (Å²) in [5.41, 5.74) is 3.67. The Bertz CT molecular complexity index is 558. The molecule has 0 saturated heterocycles. The Morgan fingerprint density at radius 1 is 1.25 bits per heavy atom. The summed E-state index contributed by atoms with van der Waals surface area (Å²) in [6.07, 6.45) is 13.1. The van der Waals surface area contributed by atoms with Crippen molar-refractivity contribution in [3.8, 4) is 0 Å². The first kappa shape index (κ1) is 16.7. The molecule has 0 bridgehead atoms. The SMILES string of the molecule is COC1=CCC2=C(CC[C@@H]3[C@@H]2CC[C@]2(CC(C)C)[C@@H](O)CC[C@@H]32)C1. The molecule has 0 amide bonds. The summed E-state index contributed by atoms with van der Waals surface area (Å²) in [6, 6.07) is 0. The first-order chi connectivity index (χ1) is 11.5. The van der Waals surface area contributed by atoms with Crippen LogP contribution >= 0.6 is 0 Å². The van der Waals surface area contributed by atoms with Gasteiger partial charge in [-0.3, -0.25) is 0 Å². The third kappa shape index (κ3) is 2.48. The van der Waals surface area contributed by atoms with E-state index in [1.165, 1.54) is 44.3 Å². The van der Waals surface area contributed by atoms with Crippen molar-refractivity contribution in [3.63, 3.8) is 0 Å². The molecule has 134 valence electrons. The van der Waals surface area contributed by atoms with E-state index >= 15 is 0 Å². The van der Waals surface area contributed by atoms with Gasteiger partial charge >= 0.3 is 0 Å². The Hall–Kier alpha value is -0.760. The molecule has 4 aliphatic carbocycles. The van der Waals surface area contributed by atoms with Crippen LogP contribution in [0, 0.1) is 29.1 Å². The van der Waals surface area contributed by atoms with Crippen molar-refractivity contribution in [2.45, 2.75) is 77.7 Å². The number of fused-ring (bicyclic) bond motifs is 4. The smallest absolute Gasteiger partial charge is 0.0959 e. The van der Waals surface area contributed by atoms with E-state index in [0.717, 1.165) is 37.0 Å². The van der Waals surface area contributed by atoms with Crippen LogP contribution in [0.4, 0.5) is 0 Å². The van der Waals surface area contributed by atoms with Gasteiger partial charge in [-0.15, -0.1) is 0 Å². The lowest BCUT2D eigenvalue weighted by atomic mass is 9.52. The number of allylic oxidation sites excluding steroid dienone is 3. The third-order valence-electron chi connectivity index (χ3n) is 7.78. The van der Waals surface area contributed by atoms with Crippen LogP contribution in [-0.2, 0) is 4.74 Å². The first-order valence-corrected chi connectivity index (χ1v) is 10.2. The molecule has 0 heterocycles. The minimum atomic E-state index is -0.0485. The predicted molar refractivity (Wildman–Crippen MR) is 97.4 cm³/mol. The highest BCUT2D eigenvalue weighted by atomic mass is 16.5. The van der Waals surface area contributed by atoms with Gasteiger partial charge in [-0.25, -0.2) is 0 Å². The van der Waals surface area contributed by atoms with Crippen molar-refractivity contribution in [2.75, 3.05) is 7.11 Å². The lowest BCUT2D eigenvalue weighted by Gasteiger charge is -2.53. The summed E-state index contributed by atoms with van der Waals surface area (Å²) >= 11 is 0. The molecule has 2 fully saturated rings. The Balaban J connectivity index is 1.60. The van der Waals surface area contributed by atoms with Gasteiger partial charge in [0.2, 0.25) is 0 Å². The van der Waals surface area contributed by atoms with Gasteiger partial charge in [0, 0.05) is 6.42 Å². The van der Waals surface area contributed by atoms with E-state index in [2.05, 4.69) is 19.9 Å². The molecule has 0 spiro atoms. The molecule has 2 nitrogen and oxygen atoms in total. The topological polar surface area (TPSA) is 29.5 Å². The first-order valence-electron chi connectivity index (χ1n) is 10.2. The molecule has 4 rings (SSSR count). The minimum absolute atomic E-state index is 0.0485. The van der Waals surface area contributed by atoms with Gasteiger partial charge in [-0.2, -0.15) is 0 Å². The fourth-order valence-electron chi connectivity index (χ4n) is 6.98. The molecule has 0 aliphatic heterocycles. The predicted octanol–water partition coefficient (Wildman–Crippen LogP) is 5.23. The molecule has 0 radical (unpaired) electrons. The highest BCUT2D eigenvalue weighted by Crippen LogP contribution is 2.63. The van der Waals surface area contributed by atoms with Gasteiger partial charge in [0.1, 0.15) is 0 Å². The molecule has 5 atom stereocenters. The van der Waals surface area contributed by atoms with Crippen LogP contribution in [0.1, 0.15) is 71.6 Å². The van der Waals surface area contributed by atoms with Gasteiger partial charge in [-0.05, 0) is 86.5 Å². The maximum Gasteiger partial charge on any atom is 0.0959 e. The van der Waals surface area contributed by atoms with Crippen molar-refractivity contribution in [1.82, 2.24) is 0 Å². The average Bonchev–Trinajstić information content (AvgIpc) is 2.90. The monoisotopic (exact) mass is 330 g/mol. The quantitative estimate of drug-likeness (QED) is 0.718. The van der Waals surface area contributed by atoms with Crippen LogP contribution in [0.3, 0.4) is 0 Å². The lowest BCUT2D eigenvalue weighted by molar-refractivity contribution is -0.0579. The molecular formula is C22H34O2. The highest BCUT2D eigenvalue weighted by molar-refractivity contribution is 5.32. The fraction of sp³-hybridized carbons (Fsp3) is 0.818. The molecule has 0 unspecified atom stereocenters. The van der Waals surface area contributed by atoms with E-state index in [1.54, 1.807) is 11.1 Å². The van der Waals surface area contributed by atoms with Crippen molar-refractivity contribution < 1.29 is 9.84 Å². The number of aliphatic hydroxyl groups excluding tert-OH is 1. The van der Waals surface area contributed by atoms with Crippen LogP contribution in [0.15, 0.2) is 23.0 Å². The standard InChI is InChI=1S/C22H34O2/c1-14(2)13-22-11-10-18-17-7-5-16(24-3)12-15(17)4-6-19(18)20(22)8-9-21(22)23/h5,14,18-21,23H,4,6-13H2,1-3H3/t18-,19-,20+,21+,22-/m1/s1. The van der Waals surface area contributed by atoms with Gasteiger partial charge < -0.3 is 9.84 Å². The number of hydrogen-bond donors (Lipinski definition) is 1. The summed E-state index contributed by atoms with van der Waals surface area (Å²) in [5.74, 6) is 4.24. The van der Waals surface area contributed by atoms with Crippen molar-refractivity contribution in [2.24, 2.45) is 29.1 Å². The molecule has 24 heavy (non-hydrogen) atoms. The highest BCUT2D eigenvalue weighted by Gasteiger charge is 2.57. The lowest BCUT2D eigenvalue weighted by Crippen LogP contribution is -2.47. The largest absolute Gasteiger partial charge is 0.501 e. The molecule has 0 aromatic carbocycles. The molecule has 1 N–H and O–H groups in total. The van der Waals surface area contributed by atoms with Crippen LogP contribution < -0.4 is 0 Å². The second-order valence-corrected chi connectivity index (χ2v) is 9.26. The molecule has 0 aromatic heterocycles. The maximum atomic E-state index is 10.9. The zero-order valence-electron chi connectivity index (χ0n) is 15.7. The van der Waals surface area contributed by atoms with Crippen LogP contribution in [-0.4, -0.2) is 18.3 Å².